The van der Waals surface area contributed by atoms with Gasteiger partial charge in [0.2, 0.25) is 10.0 Å². The molecule has 3 aromatic carbocycles. The Hall–Kier alpha value is -3.00. The van der Waals surface area contributed by atoms with Gasteiger partial charge in [0, 0.05) is 44.3 Å². The molecule has 2 unspecified atom stereocenters. The summed E-state index contributed by atoms with van der Waals surface area (Å²) in [5, 5.41) is 0. The van der Waals surface area contributed by atoms with Gasteiger partial charge in [-0.25, -0.2) is 13.1 Å². The Kier molecular flexibility index (Phi) is 7.47. The van der Waals surface area contributed by atoms with E-state index in [2.05, 4.69) is 9.62 Å². The van der Waals surface area contributed by atoms with Gasteiger partial charge >= 0.3 is 0 Å². The molecular weight excluding hydrogens is 482 g/mol. The molecule has 1 amide bonds. The number of hydrogen-bond donors (Lipinski definition) is 1. The van der Waals surface area contributed by atoms with Crippen LogP contribution < -0.4 is 4.72 Å². The zero-order valence-electron chi connectivity index (χ0n) is 21.5. The van der Waals surface area contributed by atoms with Crippen LogP contribution in [-0.2, 0) is 10.0 Å². The van der Waals surface area contributed by atoms with Gasteiger partial charge in [-0.15, -0.1) is 0 Å². The molecule has 1 N–H and O–H groups in total. The van der Waals surface area contributed by atoms with Crippen LogP contribution in [0.25, 0.3) is 0 Å². The number of aryl methyl sites for hydroxylation is 2. The summed E-state index contributed by atoms with van der Waals surface area (Å²) in [7, 11) is -3.63. The van der Waals surface area contributed by atoms with E-state index in [-0.39, 0.29) is 16.8 Å². The Bertz CT molecular complexity index is 1310. The van der Waals surface area contributed by atoms with Crippen molar-refractivity contribution in [3.63, 3.8) is 0 Å². The zero-order chi connectivity index (χ0) is 26.0. The van der Waals surface area contributed by atoms with Crippen molar-refractivity contribution in [3.8, 4) is 0 Å². The first-order chi connectivity index (χ1) is 17.8. The molecule has 0 saturated carbocycles. The van der Waals surface area contributed by atoms with Gasteiger partial charge in [-0.2, -0.15) is 0 Å². The first kappa shape index (κ1) is 25.6. The first-order valence-electron chi connectivity index (χ1n) is 13.0. The van der Waals surface area contributed by atoms with Gasteiger partial charge in [0.25, 0.3) is 5.91 Å². The van der Waals surface area contributed by atoms with Crippen molar-refractivity contribution >= 4 is 15.9 Å². The molecule has 0 bridgehead atoms. The molecule has 6 nitrogen and oxygen atoms in total. The Morgan fingerprint density at radius 1 is 0.838 bits per heavy atom. The topological polar surface area (TPSA) is 69.7 Å². The second-order valence-corrected chi connectivity index (χ2v) is 12.2. The van der Waals surface area contributed by atoms with E-state index in [4.69, 9.17) is 0 Å². The van der Waals surface area contributed by atoms with Gasteiger partial charge in [0.1, 0.15) is 0 Å². The predicted octanol–water partition coefficient (Wildman–Crippen LogP) is 4.42. The second-order valence-electron chi connectivity index (χ2n) is 10.4. The van der Waals surface area contributed by atoms with Crippen molar-refractivity contribution in [1.82, 2.24) is 14.5 Å². The van der Waals surface area contributed by atoms with E-state index in [0.717, 1.165) is 55.0 Å². The quantitative estimate of drug-likeness (QED) is 0.480. The molecule has 2 fully saturated rings. The molecule has 2 aliphatic heterocycles. The van der Waals surface area contributed by atoms with E-state index >= 15 is 0 Å². The predicted molar refractivity (Wildman–Crippen MR) is 146 cm³/mol. The molecule has 2 aliphatic rings. The van der Waals surface area contributed by atoms with Gasteiger partial charge < -0.3 is 9.80 Å². The second kappa shape index (κ2) is 10.8. The molecule has 194 valence electrons. The average Bonchev–Trinajstić information content (AvgIpc) is 3.46. The maximum Gasteiger partial charge on any atom is 0.254 e. The smallest absolute Gasteiger partial charge is 0.254 e. The van der Waals surface area contributed by atoms with Crippen LogP contribution in [0.2, 0.25) is 0 Å². The van der Waals surface area contributed by atoms with Crippen LogP contribution in [-0.4, -0.2) is 56.8 Å². The van der Waals surface area contributed by atoms with E-state index in [9.17, 15) is 13.2 Å². The van der Waals surface area contributed by atoms with Gasteiger partial charge in [-0.1, -0.05) is 66.7 Å². The highest BCUT2D eigenvalue weighted by atomic mass is 32.2. The molecule has 0 aliphatic carbocycles. The number of sulfonamides is 1. The van der Waals surface area contributed by atoms with E-state index in [1.807, 2.05) is 73.3 Å². The van der Waals surface area contributed by atoms with Crippen molar-refractivity contribution < 1.29 is 13.2 Å². The van der Waals surface area contributed by atoms with Crippen molar-refractivity contribution in [2.45, 2.75) is 31.2 Å². The lowest BCUT2D eigenvalue weighted by atomic mass is 10.0. The summed E-state index contributed by atoms with van der Waals surface area (Å²) in [5.41, 5.74) is 3.88. The van der Waals surface area contributed by atoms with E-state index < -0.39 is 10.0 Å². The third kappa shape index (κ3) is 5.64. The molecule has 2 heterocycles. The molecular formula is C30H35N3O3S. The molecule has 0 aromatic heterocycles. The van der Waals surface area contributed by atoms with Crippen LogP contribution >= 0.6 is 0 Å². The normalized spacial score (nSPS) is 20.6. The molecule has 3 atom stereocenters. The van der Waals surface area contributed by atoms with Crippen LogP contribution in [0.15, 0.2) is 83.8 Å². The number of amides is 1. The van der Waals surface area contributed by atoms with E-state index in [1.165, 1.54) is 0 Å². The number of nitrogens with one attached hydrogen (secondary N) is 1. The third-order valence-electron chi connectivity index (χ3n) is 7.83. The summed E-state index contributed by atoms with van der Waals surface area (Å²) < 4.78 is 29.1. The molecule has 0 radical (unpaired) electrons. The Morgan fingerprint density at radius 3 is 2.00 bits per heavy atom. The molecule has 37 heavy (non-hydrogen) atoms. The summed E-state index contributed by atoms with van der Waals surface area (Å²) >= 11 is 0. The number of fused-ring (bicyclic) bond motifs is 1. The molecule has 5 rings (SSSR count). The lowest BCUT2D eigenvalue weighted by Crippen LogP contribution is -2.35. The van der Waals surface area contributed by atoms with Crippen LogP contribution in [0, 0.1) is 25.7 Å². The standard InChI is InChI=1S/C30H35N3O3S/c1-22-10-9-11-23(2)29(22)30(34)33-20-25-18-32(19-26(25)21-33)17-16-28(24-12-5-3-6-13-24)31-37(35,36)27-14-7-4-8-15-27/h3-15,25-26,28,31H,16-21H2,1-2H3/t25-,26?,28?/m0/s1. The number of nitrogens with zero attached hydrogens (tertiary/aromatic N) is 2. The minimum absolute atomic E-state index is 0.149. The summed E-state index contributed by atoms with van der Waals surface area (Å²) in [6, 6.07) is 24.0. The molecule has 2 saturated heterocycles. The fourth-order valence-corrected chi connectivity index (χ4v) is 7.17. The monoisotopic (exact) mass is 517 g/mol. The fraction of sp³-hybridized carbons (Fsp3) is 0.367. The molecule has 7 heteroatoms. The van der Waals surface area contributed by atoms with Crippen LogP contribution in [0.5, 0.6) is 0 Å². The van der Waals surface area contributed by atoms with Crippen LogP contribution in [0.4, 0.5) is 0 Å². The third-order valence-corrected chi connectivity index (χ3v) is 9.32. The maximum atomic E-state index is 13.3. The van der Waals surface area contributed by atoms with Crippen LogP contribution in [0.1, 0.15) is 39.5 Å². The highest BCUT2D eigenvalue weighted by molar-refractivity contribution is 7.89. The fourth-order valence-electron chi connectivity index (χ4n) is 5.89. The molecule has 0 spiro atoms. The number of likely N-dealkylation sites (tertiary alicyclic amines) is 2. The summed E-state index contributed by atoms with van der Waals surface area (Å²) in [5.74, 6) is 1.07. The zero-order valence-corrected chi connectivity index (χ0v) is 22.3. The minimum atomic E-state index is -3.63. The Labute approximate surface area is 220 Å². The number of benzene rings is 3. The van der Waals surface area contributed by atoms with Crippen molar-refractivity contribution in [1.29, 1.82) is 0 Å². The lowest BCUT2D eigenvalue weighted by molar-refractivity contribution is 0.0772. The summed E-state index contributed by atoms with van der Waals surface area (Å²) in [6.07, 6.45) is 0.681. The maximum absolute atomic E-state index is 13.3. The van der Waals surface area contributed by atoms with Gasteiger partial charge in [0.15, 0.2) is 0 Å². The van der Waals surface area contributed by atoms with Crippen LogP contribution in [0.3, 0.4) is 0 Å². The average molecular weight is 518 g/mol. The largest absolute Gasteiger partial charge is 0.338 e. The number of hydrogen-bond acceptors (Lipinski definition) is 4. The Morgan fingerprint density at radius 2 is 1.41 bits per heavy atom. The SMILES string of the molecule is Cc1cccc(C)c1C(=O)N1CC2CN(CCC(NS(=O)(=O)c3ccccc3)c3ccccc3)C[C@H]2C1. The number of carbonyl (C=O) groups is 1. The number of rotatable bonds is 8. The van der Waals surface area contributed by atoms with Gasteiger partial charge in [-0.05, 0) is 60.9 Å². The summed E-state index contributed by atoms with van der Waals surface area (Å²) in [4.78, 5) is 18.0. The van der Waals surface area contributed by atoms with Crippen molar-refractivity contribution in [3.05, 3.63) is 101 Å². The van der Waals surface area contributed by atoms with E-state index in [1.54, 1.807) is 24.3 Å². The van der Waals surface area contributed by atoms with Crippen molar-refractivity contribution in [2.24, 2.45) is 11.8 Å². The first-order valence-corrected chi connectivity index (χ1v) is 14.5. The number of carbonyl (C=O) groups excluding carboxylic acids is 1. The lowest BCUT2D eigenvalue weighted by Gasteiger charge is -2.25. The van der Waals surface area contributed by atoms with Gasteiger partial charge in [-0.3, -0.25) is 4.79 Å². The minimum Gasteiger partial charge on any atom is -0.338 e. The highest BCUT2D eigenvalue weighted by Crippen LogP contribution is 2.33. The summed E-state index contributed by atoms with van der Waals surface area (Å²) in [6.45, 7) is 8.27. The van der Waals surface area contributed by atoms with Gasteiger partial charge in [0.05, 0.1) is 4.90 Å². The Balaban J connectivity index is 1.21. The highest BCUT2D eigenvalue weighted by Gasteiger charge is 2.42. The van der Waals surface area contributed by atoms with E-state index in [0.29, 0.717) is 18.3 Å². The van der Waals surface area contributed by atoms with Crippen molar-refractivity contribution in [2.75, 3.05) is 32.7 Å². The molecule has 3 aromatic rings.